The number of nitrogens with zero attached hydrogens (tertiary/aromatic N) is 3. The van der Waals surface area contributed by atoms with Crippen LogP contribution in [0.3, 0.4) is 0 Å². The van der Waals surface area contributed by atoms with Gasteiger partial charge < -0.3 is 10.0 Å². The second-order valence-electron chi connectivity index (χ2n) is 3.89. The highest BCUT2D eigenvalue weighted by atomic mass is 35.5. The van der Waals surface area contributed by atoms with Crippen LogP contribution >= 0.6 is 11.6 Å². The fourth-order valence-corrected chi connectivity index (χ4v) is 1.84. The van der Waals surface area contributed by atoms with Crippen molar-refractivity contribution in [2.45, 2.75) is 33.6 Å². The summed E-state index contributed by atoms with van der Waals surface area (Å²) in [7, 11) is 0. The van der Waals surface area contributed by atoms with Crippen LogP contribution in [0.2, 0.25) is 5.15 Å². The number of halogens is 1. The molecule has 5 heteroatoms. The zero-order valence-electron chi connectivity index (χ0n) is 10.7. The standard InChI is InChI=1S/C12H20ClN3O/c1-4-10-14-11(13)9(3)12(15-10)16(5-2)7-6-8-17/h17H,4-8H2,1-3H3. The van der Waals surface area contributed by atoms with Crippen LogP contribution in [-0.2, 0) is 6.42 Å². The lowest BCUT2D eigenvalue weighted by atomic mass is 10.3. The van der Waals surface area contributed by atoms with Crippen LogP contribution in [-0.4, -0.2) is 34.8 Å². The maximum absolute atomic E-state index is 8.90. The van der Waals surface area contributed by atoms with E-state index in [0.29, 0.717) is 5.15 Å². The van der Waals surface area contributed by atoms with E-state index in [0.717, 1.165) is 43.1 Å². The molecule has 1 aromatic heterocycles. The predicted molar refractivity (Wildman–Crippen MR) is 70.7 cm³/mol. The molecule has 0 aliphatic heterocycles. The number of hydrogen-bond acceptors (Lipinski definition) is 4. The monoisotopic (exact) mass is 257 g/mol. The third-order valence-corrected chi connectivity index (χ3v) is 3.06. The molecule has 0 radical (unpaired) electrons. The second kappa shape index (κ2) is 6.77. The van der Waals surface area contributed by atoms with Crippen molar-refractivity contribution in [3.63, 3.8) is 0 Å². The lowest BCUT2D eigenvalue weighted by Gasteiger charge is -2.24. The summed E-state index contributed by atoms with van der Waals surface area (Å²) >= 11 is 6.11. The third kappa shape index (κ3) is 3.54. The fraction of sp³-hybridized carbons (Fsp3) is 0.667. The van der Waals surface area contributed by atoms with Crippen LogP contribution in [0.15, 0.2) is 0 Å². The summed E-state index contributed by atoms with van der Waals surface area (Å²) in [6, 6.07) is 0. The van der Waals surface area contributed by atoms with Gasteiger partial charge in [-0.3, -0.25) is 0 Å². The van der Waals surface area contributed by atoms with Gasteiger partial charge >= 0.3 is 0 Å². The summed E-state index contributed by atoms with van der Waals surface area (Å²) in [6.45, 7) is 7.82. The number of aryl methyl sites for hydroxylation is 1. The molecule has 0 atom stereocenters. The Morgan fingerprint density at radius 2 is 2.00 bits per heavy atom. The van der Waals surface area contributed by atoms with Gasteiger partial charge in [-0.05, 0) is 20.3 Å². The molecule has 0 aromatic carbocycles. The molecule has 1 N–H and O–H groups in total. The smallest absolute Gasteiger partial charge is 0.137 e. The number of hydrogen-bond donors (Lipinski definition) is 1. The van der Waals surface area contributed by atoms with E-state index < -0.39 is 0 Å². The molecule has 0 saturated heterocycles. The summed E-state index contributed by atoms with van der Waals surface area (Å²) < 4.78 is 0. The average molecular weight is 258 g/mol. The Kier molecular flexibility index (Phi) is 5.65. The van der Waals surface area contributed by atoms with E-state index in [1.807, 2.05) is 13.8 Å². The zero-order valence-corrected chi connectivity index (χ0v) is 11.5. The minimum absolute atomic E-state index is 0.189. The Balaban J connectivity index is 3.04. The van der Waals surface area contributed by atoms with Gasteiger partial charge in [-0.2, -0.15) is 0 Å². The van der Waals surface area contributed by atoms with E-state index in [2.05, 4.69) is 21.8 Å². The molecule has 0 bridgehead atoms. The zero-order chi connectivity index (χ0) is 12.8. The number of rotatable bonds is 6. The molecular formula is C12H20ClN3O. The predicted octanol–water partition coefficient (Wildman–Crippen LogP) is 2.21. The van der Waals surface area contributed by atoms with Gasteiger partial charge in [0.25, 0.3) is 0 Å². The number of aromatic nitrogens is 2. The number of aliphatic hydroxyl groups excluding tert-OH is 1. The summed E-state index contributed by atoms with van der Waals surface area (Å²) in [6.07, 6.45) is 1.50. The van der Waals surface area contributed by atoms with Crippen molar-refractivity contribution in [1.82, 2.24) is 9.97 Å². The van der Waals surface area contributed by atoms with Crippen LogP contribution in [0.4, 0.5) is 5.82 Å². The summed E-state index contributed by atoms with van der Waals surface area (Å²) in [4.78, 5) is 10.9. The Hall–Kier alpha value is -0.870. The summed E-state index contributed by atoms with van der Waals surface area (Å²) in [5.41, 5.74) is 0.906. The number of aliphatic hydroxyl groups is 1. The van der Waals surface area contributed by atoms with E-state index in [1.54, 1.807) is 0 Å². The lowest BCUT2D eigenvalue weighted by molar-refractivity contribution is 0.289. The normalized spacial score (nSPS) is 10.6. The van der Waals surface area contributed by atoms with Crippen molar-refractivity contribution in [3.8, 4) is 0 Å². The Morgan fingerprint density at radius 3 is 2.53 bits per heavy atom. The van der Waals surface area contributed by atoms with Crippen molar-refractivity contribution < 1.29 is 5.11 Å². The molecular weight excluding hydrogens is 238 g/mol. The molecule has 0 fully saturated rings. The summed E-state index contributed by atoms with van der Waals surface area (Å²) in [5.74, 6) is 1.65. The van der Waals surface area contributed by atoms with Gasteiger partial charge in [-0.1, -0.05) is 18.5 Å². The SMILES string of the molecule is CCc1nc(Cl)c(C)c(N(CC)CCCO)n1. The van der Waals surface area contributed by atoms with Gasteiger partial charge in [0.15, 0.2) is 0 Å². The van der Waals surface area contributed by atoms with Crippen molar-refractivity contribution in [2.75, 3.05) is 24.6 Å². The molecule has 0 aliphatic carbocycles. The first-order valence-corrected chi connectivity index (χ1v) is 6.40. The molecule has 17 heavy (non-hydrogen) atoms. The Labute approximate surface area is 108 Å². The number of anilines is 1. The molecule has 4 nitrogen and oxygen atoms in total. The van der Waals surface area contributed by atoms with E-state index in [9.17, 15) is 0 Å². The Morgan fingerprint density at radius 1 is 1.29 bits per heavy atom. The van der Waals surface area contributed by atoms with Gasteiger partial charge in [0.05, 0.1) is 0 Å². The maximum Gasteiger partial charge on any atom is 0.137 e. The van der Waals surface area contributed by atoms with Gasteiger partial charge in [0.2, 0.25) is 0 Å². The molecule has 0 saturated carbocycles. The molecule has 0 aliphatic rings. The van der Waals surface area contributed by atoms with Crippen LogP contribution in [0, 0.1) is 6.92 Å². The highest BCUT2D eigenvalue weighted by Crippen LogP contribution is 2.23. The van der Waals surface area contributed by atoms with E-state index in [-0.39, 0.29) is 6.61 Å². The van der Waals surface area contributed by atoms with Gasteiger partial charge in [-0.25, -0.2) is 9.97 Å². The molecule has 1 rings (SSSR count). The minimum atomic E-state index is 0.189. The van der Waals surface area contributed by atoms with Crippen molar-refractivity contribution >= 4 is 17.4 Å². The maximum atomic E-state index is 8.90. The highest BCUT2D eigenvalue weighted by Gasteiger charge is 2.13. The first-order valence-electron chi connectivity index (χ1n) is 6.02. The molecule has 1 heterocycles. The average Bonchev–Trinajstić information content (AvgIpc) is 2.34. The molecule has 0 amide bonds. The lowest BCUT2D eigenvalue weighted by Crippen LogP contribution is -2.27. The largest absolute Gasteiger partial charge is 0.396 e. The third-order valence-electron chi connectivity index (χ3n) is 2.69. The molecule has 1 aromatic rings. The van der Waals surface area contributed by atoms with Gasteiger partial charge in [0.1, 0.15) is 16.8 Å². The topological polar surface area (TPSA) is 49.2 Å². The van der Waals surface area contributed by atoms with Crippen molar-refractivity contribution in [1.29, 1.82) is 0 Å². The van der Waals surface area contributed by atoms with Gasteiger partial charge in [0, 0.05) is 31.7 Å². The first-order chi connectivity index (χ1) is 8.13. The summed E-state index contributed by atoms with van der Waals surface area (Å²) in [5, 5.41) is 9.42. The minimum Gasteiger partial charge on any atom is -0.396 e. The highest BCUT2D eigenvalue weighted by molar-refractivity contribution is 6.30. The van der Waals surface area contributed by atoms with Crippen LogP contribution in [0.25, 0.3) is 0 Å². The fourth-order valence-electron chi connectivity index (χ4n) is 1.66. The molecule has 96 valence electrons. The quantitative estimate of drug-likeness (QED) is 0.794. The van der Waals surface area contributed by atoms with Gasteiger partial charge in [-0.15, -0.1) is 0 Å². The van der Waals surface area contributed by atoms with Crippen LogP contribution < -0.4 is 4.90 Å². The van der Waals surface area contributed by atoms with E-state index in [1.165, 1.54) is 0 Å². The van der Waals surface area contributed by atoms with E-state index in [4.69, 9.17) is 16.7 Å². The van der Waals surface area contributed by atoms with Crippen molar-refractivity contribution in [3.05, 3.63) is 16.5 Å². The molecule has 0 spiro atoms. The second-order valence-corrected chi connectivity index (χ2v) is 4.25. The molecule has 0 unspecified atom stereocenters. The van der Waals surface area contributed by atoms with Crippen LogP contribution in [0.1, 0.15) is 31.7 Å². The first kappa shape index (κ1) is 14.2. The van der Waals surface area contributed by atoms with Crippen LogP contribution in [0.5, 0.6) is 0 Å². The van der Waals surface area contributed by atoms with E-state index >= 15 is 0 Å². The Bertz CT molecular complexity index is 371. The van der Waals surface area contributed by atoms with Crippen molar-refractivity contribution in [2.24, 2.45) is 0 Å².